The molecule has 0 aliphatic rings. The normalized spacial score (nSPS) is 12.4. The minimum atomic E-state index is -0.467. The van der Waals surface area contributed by atoms with Crippen molar-refractivity contribution in [3.8, 4) is 5.75 Å². The Balaban J connectivity index is 2.45. The van der Waals surface area contributed by atoms with Crippen LogP contribution in [-0.4, -0.2) is 16.7 Å². The van der Waals surface area contributed by atoms with Crippen LogP contribution in [-0.2, 0) is 6.42 Å². The number of methoxy groups -OCH3 is 1. The Morgan fingerprint density at radius 2 is 2.28 bits per heavy atom. The summed E-state index contributed by atoms with van der Waals surface area (Å²) in [6.07, 6.45) is 0.747. The molecule has 6 heteroatoms. The number of nitrogens with two attached hydrogens (primary N) is 1. The lowest BCUT2D eigenvalue weighted by Crippen LogP contribution is -2.13. The van der Waals surface area contributed by atoms with E-state index in [-0.39, 0.29) is 5.82 Å². The highest BCUT2D eigenvalue weighted by Gasteiger charge is 2.20. The van der Waals surface area contributed by atoms with Crippen LogP contribution in [0.25, 0.3) is 0 Å². The first-order valence-electron chi connectivity index (χ1n) is 5.57. The lowest BCUT2D eigenvalue weighted by atomic mass is 10.0. The Kier molecular flexibility index (Phi) is 3.88. The maximum absolute atomic E-state index is 13.3. The topological polar surface area (TPSA) is 61.0 Å². The molecule has 4 nitrogen and oxygen atoms in total. The summed E-state index contributed by atoms with van der Waals surface area (Å²) >= 11 is 1.24. The molecule has 0 aliphatic heterocycles. The van der Waals surface area contributed by atoms with E-state index in [9.17, 15) is 4.39 Å². The maximum atomic E-state index is 13.3. The van der Waals surface area contributed by atoms with Gasteiger partial charge in [-0.2, -0.15) is 0 Å². The molecule has 1 aromatic heterocycles. The summed E-state index contributed by atoms with van der Waals surface area (Å²) < 4.78 is 22.4. The van der Waals surface area contributed by atoms with Gasteiger partial charge in [0, 0.05) is 5.56 Å². The van der Waals surface area contributed by atoms with Gasteiger partial charge < -0.3 is 10.5 Å². The second-order valence-electron chi connectivity index (χ2n) is 3.80. The van der Waals surface area contributed by atoms with Crippen molar-refractivity contribution in [3.05, 3.63) is 40.2 Å². The predicted octanol–water partition coefficient (Wildman–Crippen LogP) is 2.30. The van der Waals surface area contributed by atoms with Crippen LogP contribution in [0.5, 0.6) is 5.75 Å². The highest BCUT2D eigenvalue weighted by Crippen LogP contribution is 2.31. The second-order valence-corrected chi connectivity index (χ2v) is 4.59. The molecule has 0 aliphatic carbocycles. The van der Waals surface area contributed by atoms with Crippen molar-refractivity contribution < 1.29 is 9.13 Å². The van der Waals surface area contributed by atoms with Crippen molar-refractivity contribution >= 4 is 11.5 Å². The average molecular weight is 267 g/mol. The molecule has 0 saturated carbocycles. The number of benzene rings is 1. The number of nitrogens with zero attached hydrogens (tertiary/aromatic N) is 2. The van der Waals surface area contributed by atoms with E-state index in [1.54, 1.807) is 6.07 Å². The van der Waals surface area contributed by atoms with Gasteiger partial charge in [-0.15, -0.1) is 5.10 Å². The molecule has 1 atom stereocenters. The third-order valence-electron chi connectivity index (χ3n) is 2.73. The van der Waals surface area contributed by atoms with Crippen molar-refractivity contribution in [1.29, 1.82) is 0 Å². The molecule has 0 bridgehead atoms. The zero-order chi connectivity index (χ0) is 13.1. The van der Waals surface area contributed by atoms with E-state index in [1.165, 1.54) is 30.8 Å². The van der Waals surface area contributed by atoms with Crippen LogP contribution in [0.3, 0.4) is 0 Å². The molecule has 1 aromatic carbocycles. The van der Waals surface area contributed by atoms with E-state index >= 15 is 0 Å². The fraction of sp³-hybridized carbons (Fsp3) is 0.333. The molecular weight excluding hydrogens is 253 g/mol. The summed E-state index contributed by atoms with van der Waals surface area (Å²) in [7, 11) is 1.54. The molecular formula is C12H14FN3OS. The van der Waals surface area contributed by atoms with Crippen LogP contribution in [0.15, 0.2) is 18.2 Å². The largest absolute Gasteiger partial charge is 0.496 e. The van der Waals surface area contributed by atoms with Crippen molar-refractivity contribution in [2.75, 3.05) is 7.11 Å². The molecule has 2 aromatic rings. The van der Waals surface area contributed by atoms with Crippen LogP contribution in [0.1, 0.15) is 29.1 Å². The van der Waals surface area contributed by atoms with Gasteiger partial charge in [-0.05, 0) is 36.2 Å². The number of rotatable bonds is 4. The van der Waals surface area contributed by atoms with Crippen LogP contribution < -0.4 is 10.5 Å². The molecule has 0 amide bonds. The standard InChI is InChI=1S/C12H14FN3OS/c1-3-9-12(18-16-15-9)11(14)8-6-7(13)4-5-10(8)17-2/h4-6,11H,3,14H2,1-2H3. The van der Waals surface area contributed by atoms with E-state index in [1.807, 2.05) is 6.92 Å². The lowest BCUT2D eigenvalue weighted by Gasteiger charge is -2.14. The smallest absolute Gasteiger partial charge is 0.124 e. The zero-order valence-electron chi connectivity index (χ0n) is 10.2. The first-order valence-corrected chi connectivity index (χ1v) is 6.34. The van der Waals surface area contributed by atoms with Crippen molar-refractivity contribution in [1.82, 2.24) is 9.59 Å². The van der Waals surface area contributed by atoms with E-state index in [4.69, 9.17) is 10.5 Å². The van der Waals surface area contributed by atoms with E-state index < -0.39 is 6.04 Å². The summed E-state index contributed by atoms with van der Waals surface area (Å²) in [6.45, 7) is 1.98. The fourth-order valence-electron chi connectivity index (χ4n) is 1.79. The maximum Gasteiger partial charge on any atom is 0.124 e. The molecule has 0 fully saturated rings. The van der Waals surface area contributed by atoms with Gasteiger partial charge >= 0.3 is 0 Å². The van der Waals surface area contributed by atoms with Gasteiger partial charge in [0.15, 0.2) is 0 Å². The monoisotopic (exact) mass is 267 g/mol. The van der Waals surface area contributed by atoms with Crippen molar-refractivity contribution in [2.24, 2.45) is 5.73 Å². The Morgan fingerprint density at radius 3 is 2.94 bits per heavy atom. The molecule has 0 saturated heterocycles. The third-order valence-corrected chi connectivity index (χ3v) is 3.58. The molecule has 96 valence electrons. The quantitative estimate of drug-likeness (QED) is 0.923. The second kappa shape index (κ2) is 5.41. The number of halogens is 1. The predicted molar refractivity (Wildman–Crippen MR) is 68.3 cm³/mol. The highest BCUT2D eigenvalue weighted by molar-refractivity contribution is 7.05. The molecule has 1 unspecified atom stereocenters. The van der Waals surface area contributed by atoms with Crippen LogP contribution >= 0.6 is 11.5 Å². The first-order chi connectivity index (χ1) is 8.67. The highest BCUT2D eigenvalue weighted by atomic mass is 32.1. The van der Waals surface area contributed by atoms with E-state index in [2.05, 4.69) is 9.59 Å². The first kappa shape index (κ1) is 12.9. The number of aromatic nitrogens is 2. The summed E-state index contributed by atoms with van der Waals surface area (Å²) in [6, 6.07) is 3.85. The molecule has 1 heterocycles. The van der Waals surface area contributed by atoms with Gasteiger partial charge in [0.05, 0.1) is 23.7 Å². The van der Waals surface area contributed by atoms with Gasteiger partial charge in [-0.3, -0.25) is 0 Å². The molecule has 0 spiro atoms. The van der Waals surface area contributed by atoms with Crippen LogP contribution in [0.4, 0.5) is 4.39 Å². The molecule has 0 radical (unpaired) electrons. The van der Waals surface area contributed by atoms with Crippen molar-refractivity contribution in [2.45, 2.75) is 19.4 Å². The lowest BCUT2D eigenvalue weighted by molar-refractivity contribution is 0.406. The minimum absolute atomic E-state index is 0.336. The number of aryl methyl sites for hydroxylation is 1. The Bertz CT molecular complexity index is 544. The Hall–Kier alpha value is -1.53. The molecule has 2 rings (SSSR count). The average Bonchev–Trinajstić information content (AvgIpc) is 2.86. The van der Waals surface area contributed by atoms with Gasteiger partial charge in [-0.1, -0.05) is 11.4 Å². The third kappa shape index (κ3) is 2.34. The minimum Gasteiger partial charge on any atom is -0.496 e. The SMILES string of the molecule is CCc1nnsc1C(N)c1cc(F)ccc1OC. The zero-order valence-corrected chi connectivity index (χ0v) is 11.0. The Morgan fingerprint density at radius 1 is 1.50 bits per heavy atom. The summed E-state index contributed by atoms with van der Waals surface area (Å²) in [5.74, 6) is 0.233. The number of ether oxygens (including phenoxy) is 1. The van der Waals surface area contributed by atoms with E-state index in [0.717, 1.165) is 17.0 Å². The van der Waals surface area contributed by atoms with E-state index in [0.29, 0.717) is 11.3 Å². The molecule has 18 heavy (non-hydrogen) atoms. The van der Waals surface area contributed by atoms with Crippen LogP contribution in [0.2, 0.25) is 0 Å². The summed E-state index contributed by atoms with van der Waals surface area (Å²) in [4.78, 5) is 0.849. The van der Waals surface area contributed by atoms with Gasteiger partial charge in [-0.25, -0.2) is 4.39 Å². The van der Waals surface area contributed by atoms with Gasteiger partial charge in [0.25, 0.3) is 0 Å². The molecule has 2 N–H and O–H groups in total. The number of hydrogen-bond donors (Lipinski definition) is 1. The van der Waals surface area contributed by atoms with Crippen LogP contribution in [0, 0.1) is 5.82 Å². The number of hydrogen-bond acceptors (Lipinski definition) is 5. The van der Waals surface area contributed by atoms with Gasteiger partial charge in [0.1, 0.15) is 11.6 Å². The van der Waals surface area contributed by atoms with Gasteiger partial charge in [0.2, 0.25) is 0 Å². The summed E-state index contributed by atoms with van der Waals surface area (Å²) in [5.41, 5.74) is 7.62. The Labute approximate surface area is 109 Å². The van der Waals surface area contributed by atoms with Crippen molar-refractivity contribution in [3.63, 3.8) is 0 Å². The fourth-order valence-corrected chi connectivity index (χ4v) is 2.54. The summed E-state index contributed by atoms with van der Waals surface area (Å²) in [5, 5.41) is 4.01.